The van der Waals surface area contributed by atoms with Crippen LogP contribution in [0.1, 0.15) is 27.6 Å². The molecule has 0 aromatic heterocycles. The Labute approximate surface area is 163 Å². The maximum Gasteiger partial charge on any atom is 0.342 e. The molecule has 0 amide bonds. The van der Waals surface area contributed by atoms with E-state index in [-0.39, 0.29) is 13.2 Å². The number of hydrogen-bond donors (Lipinski definition) is 0. The highest BCUT2D eigenvalue weighted by atomic mass is 19.1. The van der Waals surface area contributed by atoms with Crippen LogP contribution in [0.5, 0.6) is 0 Å². The molecule has 2 aliphatic heterocycles. The smallest absolute Gasteiger partial charge is 0.342 e. The van der Waals surface area contributed by atoms with Gasteiger partial charge in [-0.2, -0.15) is 0 Å². The summed E-state index contributed by atoms with van der Waals surface area (Å²) in [4.78, 5) is 18.4. The van der Waals surface area contributed by atoms with Crippen LogP contribution < -0.4 is 4.90 Å². The fourth-order valence-electron chi connectivity index (χ4n) is 3.91. The molecule has 150 valence electrons. The second-order valence-corrected chi connectivity index (χ2v) is 7.25. The molecule has 0 bridgehead atoms. The van der Waals surface area contributed by atoms with Crippen molar-refractivity contribution in [2.24, 2.45) is 0 Å². The molecule has 0 spiro atoms. The van der Waals surface area contributed by atoms with Gasteiger partial charge in [0.1, 0.15) is 0 Å². The van der Waals surface area contributed by atoms with Gasteiger partial charge in [0, 0.05) is 38.4 Å². The molecule has 6 heteroatoms. The summed E-state index contributed by atoms with van der Waals surface area (Å²) >= 11 is 0. The van der Waals surface area contributed by atoms with Crippen molar-refractivity contribution in [3.8, 4) is 0 Å². The SMILES string of the molecule is [2H][C@](CN1CCN(c2ccccc2)CC1)([C@@H](F)C(=O)OCC)N1CCCCC1. The molecule has 0 N–H and O–H groups in total. The van der Waals surface area contributed by atoms with Crippen molar-refractivity contribution in [3.05, 3.63) is 30.3 Å². The van der Waals surface area contributed by atoms with Crippen LogP contribution >= 0.6 is 0 Å². The number of hydrogen-bond acceptors (Lipinski definition) is 5. The number of alkyl halides is 1. The summed E-state index contributed by atoms with van der Waals surface area (Å²) in [6, 6.07) is 8.65. The fourth-order valence-corrected chi connectivity index (χ4v) is 3.91. The minimum atomic E-state index is -1.96. The molecule has 1 aromatic carbocycles. The van der Waals surface area contributed by atoms with Gasteiger partial charge in [-0.25, -0.2) is 9.18 Å². The third-order valence-electron chi connectivity index (χ3n) is 5.43. The van der Waals surface area contributed by atoms with Crippen molar-refractivity contribution < 1.29 is 15.3 Å². The molecule has 27 heavy (non-hydrogen) atoms. The van der Waals surface area contributed by atoms with E-state index >= 15 is 4.39 Å². The number of likely N-dealkylation sites (tertiary alicyclic amines) is 1. The summed E-state index contributed by atoms with van der Waals surface area (Å²) in [5.41, 5.74) is 1.19. The fraction of sp³-hybridized carbons (Fsp3) is 0.667. The summed E-state index contributed by atoms with van der Waals surface area (Å²) in [6.07, 6.45) is 1.02. The number of rotatable bonds is 7. The van der Waals surface area contributed by atoms with Gasteiger partial charge >= 0.3 is 5.97 Å². The van der Waals surface area contributed by atoms with Crippen LogP contribution in [0.25, 0.3) is 0 Å². The zero-order chi connectivity index (χ0) is 20.0. The molecule has 5 nitrogen and oxygen atoms in total. The van der Waals surface area contributed by atoms with E-state index in [2.05, 4.69) is 21.9 Å². The Kier molecular flexibility index (Phi) is 6.95. The Morgan fingerprint density at radius 2 is 1.78 bits per heavy atom. The van der Waals surface area contributed by atoms with E-state index in [1.165, 1.54) is 5.69 Å². The standard InChI is InChI=1S/C21H32FN3O2/c1-2-27-21(26)20(22)19(25-11-7-4-8-12-25)17-23-13-15-24(16-14-23)18-9-5-3-6-10-18/h3,5-6,9-10,19-20H,2,4,7-8,11-17H2,1H3/t19-,20+/m0/s1/i19D. The number of para-hydroxylation sites is 1. The third-order valence-corrected chi connectivity index (χ3v) is 5.43. The predicted molar refractivity (Wildman–Crippen MR) is 106 cm³/mol. The largest absolute Gasteiger partial charge is 0.464 e. The second-order valence-electron chi connectivity index (χ2n) is 7.25. The van der Waals surface area contributed by atoms with Crippen molar-refractivity contribution in [1.29, 1.82) is 0 Å². The van der Waals surface area contributed by atoms with Crippen LogP contribution in [0.15, 0.2) is 30.3 Å². The van der Waals surface area contributed by atoms with E-state index in [0.717, 1.165) is 45.4 Å². The van der Waals surface area contributed by atoms with Crippen LogP contribution in [-0.4, -0.2) is 80.4 Å². The van der Waals surface area contributed by atoms with Gasteiger partial charge < -0.3 is 9.64 Å². The molecule has 2 atom stereocenters. The quantitative estimate of drug-likeness (QED) is 0.682. The number of carbonyl (C=O) groups is 1. The number of ether oxygens (including phenoxy) is 1. The molecule has 2 saturated heterocycles. The van der Waals surface area contributed by atoms with Gasteiger partial charge in [-0.15, -0.1) is 0 Å². The Morgan fingerprint density at radius 3 is 2.41 bits per heavy atom. The van der Waals surface area contributed by atoms with E-state index in [1.54, 1.807) is 6.92 Å². The molecule has 2 aliphatic rings. The van der Waals surface area contributed by atoms with Gasteiger partial charge in [0.2, 0.25) is 6.17 Å². The first kappa shape index (κ1) is 18.7. The van der Waals surface area contributed by atoms with Gasteiger partial charge in [0.05, 0.1) is 14.0 Å². The number of halogens is 1. The van der Waals surface area contributed by atoms with Crippen LogP contribution in [0, 0.1) is 0 Å². The van der Waals surface area contributed by atoms with Crippen molar-refractivity contribution in [2.75, 3.05) is 57.3 Å². The van der Waals surface area contributed by atoms with Crippen LogP contribution in [0.3, 0.4) is 0 Å². The first-order valence-corrected chi connectivity index (χ1v) is 10.1. The number of esters is 1. The first-order chi connectivity index (χ1) is 13.5. The molecule has 2 fully saturated rings. The lowest BCUT2D eigenvalue weighted by atomic mass is 10.0. The molecule has 3 rings (SSSR count). The Morgan fingerprint density at radius 1 is 1.11 bits per heavy atom. The van der Waals surface area contributed by atoms with E-state index in [4.69, 9.17) is 6.11 Å². The monoisotopic (exact) mass is 378 g/mol. The summed E-state index contributed by atoms with van der Waals surface area (Å²) in [5, 5.41) is 0. The lowest BCUT2D eigenvalue weighted by Crippen LogP contribution is -2.56. The van der Waals surface area contributed by atoms with Crippen LogP contribution in [0.4, 0.5) is 10.1 Å². The highest BCUT2D eigenvalue weighted by Gasteiger charge is 2.36. The molecular weight excluding hydrogens is 345 g/mol. The van der Waals surface area contributed by atoms with Gasteiger partial charge in [-0.05, 0) is 45.0 Å². The summed E-state index contributed by atoms with van der Waals surface area (Å²) < 4.78 is 29.1. The normalized spacial score (nSPS) is 23.3. The lowest BCUT2D eigenvalue weighted by Gasteiger charge is -2.41. The van der Waals surface area contributed by atoms with E-state index in [0.29, 0.717) is 13.1 Å². The maximum atomic E-state index is 15.2. The number of anilines is 1. The number of nitrogens with zero attached hydrogens (tertiary/aromatic N) is 3. The zero-order valence-electron chi connectivity index (χ0n) is 17.3. The molecular formula is C21H32FN3O2. The number of piperidine rings is 1. The van der Waals surface area contributed by atoms with Crippen molar-refractivity contribution in [2.45, 2.75) is 38.4 Å². The zero-order valence-corrected chi connectivity index (χ0v) is 16.3. The second kappa shape index (κ2) is 10.0. The van der Waals surface area contributed by atoms with Crippen LogP contribution in [0.2, 0.25) is 0 Å². The van der Waals surface area contributed by atoms with E-state index < -0.39 is 18.2 Å². The summed E-state index contributed by atoms with van der Waals surface area (Å²) in [5.74, 6) is -0.911. The Hall–Kier alpha value is -1.66. The predicted octanol–water partition coefficient (Wildman–Crippen LogP) is 2.56. The van der Waals surface area contributed by atoms with Crippen molar-refractivity contribution >= 4 is 11.7 Å². The Bertz CT molecular complexity index is 621. The highest BCUT2D eigenvalue weighted by Crippen LogP contribution is 2.20. The topological polar surface area (TPSA) is 36.0 Å². The minimum Gasteiger partial charge on any atom is -0.464 e. The molecule has 0 aliphatic carbocycles. The van der Waals surface area contributed by atoms with Gasteiger partial charge in [0.15, 0.2) is 0 Å². The minimum absolute atomic E-state index is 0.130. The highest BCUT2D eigenvalue weighted by molar-refractivity contribution is 5.75. The average molecular weight is 379 g/mol. The number of piperazine rings is 1. The molecule has 0 radical (unpaired) electrons. The van der Waals surface area contributed by atoms with E-state index in [1.807, 2.05) is 23.1 Å². The molecule has 0 saturated carbocycles. The molecule has 2 heterocycles. The Balaban J connectivity index is 1.67. The lowest BCUT2D eigenvalue weighted by molar-refractivity contribution is -0.152. The number of carbonyl (C=O) groups excluding carboxylic acids is 1. The van der Waals surface area contributed by atoms with E-state index in [9.17, 15) is 4.79 Å². The van der Waals surface area contributed by atoms with Crippen molar-refractivity contribution in [3.63, 3.8) is 0 Å². The summed E-state index contributed by atoms with van der Waals surface area (Å²) in [7, 11) is 0. The van der Waals surface area contributed by atoms with Gasteiger partial charge in [0.25, 0.3) is 0 Å². The molecule has 1 aromatic rings. The average Bonchev–Trinajstić information content (AvgIpc) is 2.75. The first-order valence-electron chi connectivity index (χ1n) is 10.6. The van der Waals surface area contributed by atoms with Crippen molar-refractivity contribution in [1.82, 2.24) is 9.80 Å². The van der Waals surface area contributed by atoms with Crippen LogP contribution in [-0.2, 0) is 9.53 Å². The van der Waals surface area contributed by atoms with Gasteiger partial charge in [-0.3, -0.25) is 9.80 Å². The third kappa shape index (κ3) is 5.42. The number of benzene rings is 1. The van der Waals surface area contributed by atoms with Gasteiger partial charge in [-0.1, -0.05) is 24.6 Å². The maximum absolute atomic E-state index is 15.2. The summed E-state index contributed by atoms with van der Waals surface area (Å²) in [6.45, 7) is 6.49. The molecule has 0 unspecified atom stereocenters.